The number of nitrogens with zero attached hydrogens (tertiary/aromatic N) is 1. The van der Waals surface area contributed by atoms with E-state index in [9.17, 15) is 4.79 Å². The van der Waals surface area contributed by atoms with E-state index in [1.807, 2.05) is 17.0 Å². The molecule has 1 N–H and O–H groups in total. The van der Waals surface area contributed by atoms with Crippen LogP contribution in [-0.2, 0) is 17.9 Å². The van der Waals surface area contributed by atoms with Gasteiger partial charge in [0.15, 0.2) is 0 Å². The summed E-state index contributed by atoms with van der Waals surface area (Å²) in [6, 6.07) is 4.39. The lowest BCUT2D eigenvalue weighted by Crippen LogP contribution is -2.23. The summed E-state index contributed by atoms with van der Waals surface area (Å²) in [5.74, 6) is 2.05. The van der Waals surface area contributed by atoms with Crippen LogP contribution in [0.2, 0.25) is 0 Å². The molecule has 0 bridgehead atoms. The van der Waals surface area contributed by atoms with Crippen molar-refractivity contribution in [2.24, 2.45) is 0 Å². The zero-order valence-electron chi connectivity index (χ0n) is 10.5. The normalized spacial score (nSPS) is 16.2. The predicted octanol–water partition coefficient (Wildman–Crippen LogP) is 1.90. The lowest BCUT2D eigenvalue weighted by Gasteiger charge is -2.13. The number of rotatable bonds is 5. The van der Waals surface area contributed by atoms with Crippen LogP contribution in [0.1, 0.15) is 38.2 Å². The number of amides is 1. The summed E-state index contributed by atoms with van der Waals surface area (Å²) in [6.45, 7) is 6.42. The van der Waals surface area contributed by atoms with Crippen molar-refractivity contribution < 1.29 is 9.21 Å². The molecule has 0 aromatic carbocycles. The van der Waals surface area contributed by atoms with Crippen LogP contribution < -0.4 is 5.32 Å². The van der Waals surface area contributed by atoms with Crippen molar-refractivity contribution in [3.63, 3.8) is 0 Å². The number of hydrogen-bond acceptors (Lipinski definition) is 3. The van der Waals surface area contributed by atoms with Crippen LogP contribution in [0.3, 0.4) is 0 Å². The van der Waals surface area contributed by atoms with Gasteiger partial charge in [0.1, 0.15) is 11.5 Å². The van der Waals surface area contributed by atoms with Crippen molar-refractivity contribution in [1.82, 2.24) is 10.2 Å². The first-order valence-electron chi connectivity index (χ1n) is 6.24. The fourth-order valence-electron chi connectivity index (χ4n) is 1.97. The highest BCUT2D eigenvalue weighted by Gasteiger charge is 2.21. The van der Waals surface area contributed by atoms with E-state index in [-0.39, 0.29) is 5.91 Å². The molecule has 4 nitrogen and oxygen atoms in total. The maximum Gasteiger partial charge on any atom is 0.223 e. The molecule has 17 heavy (non-hydrogen) atoms. The predicted molar refractivity (Wildman–Crippen MR) is 65.3 cm³/mol. The first-order valence-corrected chi connectivity index (χ1v) is 6.24. The van der Waals surface area contributed by atoms with Crippen molar-refractivity contribution in [3.05, 3.63) is 23.7 Å². The van der Waals surface area contributed by atoms with E-state index in [2.05, 4.69) is 19.2 Å². The van der Waals surface area contributed by atoms with E-state index < -0.39 is 0 Å². The molecule has 1 aliphatic heterocycles. The Labute approximate surface area is 102 Å². The van der Waals surface area contributed by atoms with Gasteiger partial charge in [-0.25, -0.2) is 0 Å². The molecule has 1 saturated heterocycles. The van der Waals surface area contributed by atoms with E-state index in [1.165, 1.54) is 0 Å². The van der Waals surface area contributed by atoms with E-state index in [1.54, 1.807) is 0 Å². The van der Waals surface area contributed by atoms with Crippen molar-refractivity contribution in [3.8, 4) is 0 Å². The summed E-state index contributed by atoms with van der Waals surface area (Å²) in [6.07, 6.45) is 1.66. The van der Waals surface area contributed by atoms with Crippen molar-refractivity contribution in [2.75, 3.05) is 6.54 Å². The average molecular weight is 236 g/mol. The Kier molecular flexibility index (Phi) is 3.84. The summed E-state index contributed by atoms with van der Waals surface area (Å²) in [5.41, 5.74) is 0. The topological polar surface area (TPSA) is 45.5 Å². The molecule has 4 heteroatoms. The monoisotopic (exact) mass is 236 g/mol. The van der Waals surface area contributed by atoms with Crippen molar-refractivity contribution in [1.29, 1.82) is 0 Å². The molecule has 94 valence electrons. The highest BCUT2D eigenvalue weighted by molar-refractivity contribution is 5.77. The molecular weight excluding hydrogens is 216 g/mol. The Bertz CT molecular complexity index is 385. The molecule has 1 aromatic rings. The first-order chi connectivity index (χ1) is 8.15. The Balaban J connectivity index is 1.87. The lowest BCUT2D eigenvalue weighted by molar-refractivity contribution is -0.128. The number of carbonyl (C=O) groups is 1. The Morgan fingerprint density at radius 1 is 1.41 bits per heavy atom. The molecule has 1 aromatic heterocycles. The van der Waals surface area contributed by atoms with E-state index in [0.29, 0.717) is 19.0 Å². The van der Waals surface area contributed by atoms with Gasteiger partial charge in [-0.15, -0.1) is 0 Å². The molecule has 0 saturated carbocycles. The molecule has 1 aliphatic rings. The highest BCUT2D eigenvalue weighted by Crippen LogP contribution is 2.16. The van der Waals surface area contributed by atoms with Gasteiger partial charge in [-0.05, 0) is 18.6 Å². The Morgan fingerprint density at radius 3 is 2.82 bits per heavy atom. The number of nitrogens with one attached hydrogen (secondary N) is 1. The summed E-state index contributed by atoms with van der Waals surface area (Å²) >= 11 is 0. The lowest BCUT2D eigenvalue weighted by atomic mass is 10.3. The molecule has 2 heterocycles. The van der Waals surface area contributed by atoms with Gasteiger partial charge in [-0.1, -0.05) is 13.8 Å². The van der Waals surface area contributed by atoms with Crippen LogP contribution in [0.25, 0.3) is 0 Å². The number of carbonyl (C=O) groups excluding carboxylic acids is 1. The van der Waals surface area contributed by atoms with Gasteiger partial charge in [-0.2, -0.15) is 0 Å². The zero-order chi connectivity index (χ0) is 12.3. The van der Waals surface area contributed by atoms with Crippen LogP contribution in [0.4, 0.5) is 0 Å². The van der Waals surface area contributed by atoms with Crippen LogP contribution in [0, 0.1) is 0 Å². The molecule has 0 unspecified atom stereocenters. The van der Waals surface area contributed by atoms with E-state index >= 15 is 0 Å². The fraction of sp³-hybridized carbons (Fsp3) is 0.615. The molecule has 2 rings (SSSR count). The van der Waals surface area contributed by atoms with Gasteiger partial charge >= 0.3 is 0 Å². The van der Waals surface area contributed by atoms with Crippen LogP contribution in [-0.4, -0.2) is 23.4 Å². The Morgan fingerprint density at radius 2 is 2.18 bits per heavy atom. The third kappa shape index (κ3) is 3.33. The van der Waals surface area contributed by atoms with E-state index in [0.717, 1.165) is 31.0 Å². The van der Waals surface area contributed by atoms with Gasteiger partial charge in [0.05, 0.1) is 13.1 Å². The minimum absolute atomic E-state index is 0.239. The van der Waals surface area contributed by atoms with Crippen LogP contribution in [0.15, 0.2) is 16.5 Å². The minimum atomic E-state index is 0.239. The van der Waals surface area contributed by atoms with Crippen molar-refractivity contribution in [2.45, 2.75) is 45.8 Å². The summed E-state index contributed by atoms with van der Waals surface area (Å²) in [4.78, 5) is 13.3. The highest BCUT2D eigenvalue weighted by atomic mass is 16.3. The molecule has 1 amide bonds. The number of likely N-dealkylation sites (tertiary alicyclic amines) is 1. The van der Waals surface area contributed by atoms with Gasteiger partial charge in [0.2, 0.25) is 5.91 Å². The number of furan rings is 1. The van der Waals surface area contributed by atoms with Crippen LogP contribution >= 0.6 is 0 Å². The van der Waals surface area contributed by atoms with Gasteiger partial charge in [0.25, 0.3) is 0 Å². The Hall–Kier alpha value is -1.29. The first kappa shape index (κ1) is 12.2. The molecular formula is C13H20N2O2. The summed E-state index contributed by atoms with van der Waals surface area (Å²) < 4.78 is 5.69. The third-order valence-electron chi connectivity index (χ3n) is 2.92. The smallest absolute Gasteiger partial charge is 0.223 e. The second-order valence-corrected chi connectivity index (χ2v) is 4.82. The fourth-order valence-corrected chi connectivity index (χ4v) is 1.97. The second kappa shape index (κ2) is 5.36. The third-order valence-corrected chi connectivity index (χ3v) is 2.92. The summed E-state index contributed by atoms with van der Waals surface area (Å²) in [5, 5.41) is 3.30. The zero-order valence-corrected chi connectivity index (χ0v) is 10.5. The standard InChI is InChI=1S/C13H20N2O2/c1-10(2)14-8-11-5-6-12(17-11)9-15-7-3-4-13(15)16/h5-6,10,14H,3-4,7-9H2,1-2H3. The molecule has 1 fully saturated rings. The maximum atomic E-state index is 11.5. The average Bonchev–Trinajstić information content (AvgIpc) is 2.87. The molecule has 0 atom stereocenters. The molecule has 0 radical (unpaired) electrons. The van der Waals surface area contributed by atoms with Crippen LogP contribution in [0.5, 0.6) is 0 Å². The SMILES string of the molecule is CC(C)NCc1ccc(CN2CCCC2=O)o1. The molecule has 0 spiro atoms. The largest absolute Gasteiger partial charge is 0.463 e. The van der Waals surface area contributed by atoms with Crippen molar-refractivity contribution >= 4 is 5.91 Å². The van der Waals surface area contributed by atoms with Gasteiger partial charge in [-0.3, -0.25) is 4.79 Å². The van der Waals surface area contributed by atoms with Gasteiger partial charge in [0, 0.05) is 19.0 Å². The maximum absolute atomic E-state index is 11.5. The number of hydrogen-bond donors (Lipinski definition) is 1. The molecule has 0 aliphatic carbocycles. The quantitative estimate of drug-likeness (QED) is 0.849. The minimum Gasteiger partial charge on any atom is -0.463 e. The van der Waals surface area contributed by atoms with E-state index in [4.69, 9.17) is 4.42 Å². The second-order valence-electron chi connectivity index (χ2n) is 4.82. The van der Waals surface area contributed by atoms with Gasteiger partial charge < -0.3 is 14.6 Å². The summed E-state index contributed by atoms with van der Waals surface area (Å²) in [7, 11) is 0.